The number of hydrogen-bond acceptors (Lipinski definition) is 4. The summed E-state index contributed by atoms with van der Waals surface area (Å²) in [6.45, 7) is 2.73. The van der Waals surface area contributed by atoms with E-state index in [-0.39, 0.29) is 0 Å². The molecule has 15 heavy (non-hydrogen) atoms. The molecule has 5 heteroatoms. The molecule has 2 aliphatic heterocycles. The van der Waals surface area contributed by atoms with Gasteiger partial charge < -0.3 is 10.2 Å². The van der Waals surface area contributed by atoms with Crippen molar-refractivity contribution in [1.29, 1.82) is 0 Å². The van der Waals surface area contributed by atoms with Crippen LogP contribution >= 0.6 is 0 Å². The number of nitrogens with one attached hydrogen (secondary N) is 1. The van der Waals surface area contributed by atoms with Gasteiger partial charge in [-0.25, -0.2) is 14.4 Å². The monoisotopic (exact) mass is 208 g/mol. The summed E-state index contributed by atoms with van der Waals surface area (Å²) in [6.07, 6.45) is 1.84. The Balaban J connectivity index is 1.93. The zero-order chi connectivity index (χ0) is 10.3. The molecule has 0 unspecified atom stereocenters. The molecule has 0 saturated carbocycles. The Bertz CT molecular complexity index is 376. The third kappa shape index (κ3) is 1.47. The van der Waals surface area contributed by atoms with Crippen molar-refractivity contribution in [3.8, 4) is 0 Å². The standard InChI is InChI=1S/C10H13FN4/c11-7-4-15(5-7)10-8-1-2-12-3-9(8)13-6-14-10/h6-7,12H,1-5H2. The lowest BCUT2D eigenvalue weighted by atomic mass is 10.0. The normalized spacial score (nSPS) is 21.0. The van der Waals surface area contributed by atoms with Gasteiger partial charge in [-0.2, -0.15) is 0 Å². The molecule has 0 bridgehead atoms. The fraction of sp³-hybridized carbons (Fsp3) is 0.600. The fourth-order valence-corrected chi connectivity index (χ4v) is 2.14. The molecule has 0 aromatic carbocycles. The Morgan fingerprint density at radius 3 is 3.07 bits per heavy atom. The number of anilines is 1. The van der Waals surface area contributed by atoms with Crippen LogP contribution in [0.15, 0.2) is 6.33 Å². The maximum Gasteiger partial charge on any atom is 0.135 e. The Morgan fingerprint density at radius 2 is 2.27 bits per heavy atom. The van der Waals surface area contributed by atoms with Crippen molar-refractivity contribution in [2.75, 3.05) is 24.5 Å². The molecular formula is C10H13FN4. The summed E-state index contributed by atoms with van der Waals surface area (Å²) >= 11 is 0. The van der Waals surface area contributed by atoms with Gasteiger partial charge in [0, 0.05) is 12.1 Å². The molecule has 1 aromatic heterocycles. The first-order valence-electron chi connectivity index (χ1n) is 5.27. The third-order valence-corrected chi connectivity index (χ3v) is 2.99. The van der Waals surface area contributed by atoms with E-state index in [9.17, 15) is 4.39 Å². The molecule has 1 fully saturated rings. The van der Waals surface area contributed by atoms with Crippen molar-refractivity contribution in [1.82, 2.24) is 15.3 Å². The first-order valence-corrected chi connectivity index (χ1v) is 5.27. The van der Waals surface area contributed by atoms with E-state index in [1.807, 2.05) is 4.90 Å². The average molecular weight is 208 g/mol. The van der Waals surface area contributed by atoms with Crippen LogP contribution in [0.1, 0.15) is 11.3 Å². The highest BCUT2D eigenvalue weighted by atomic mass is 19.1. The molecule has 0 radical (unpaired) electrons. The third-order valence-electron chi connectivity index (χ3n) is 2.99. The number of halogens is 1. The number of fused-ring (bicyclic) bond motifs is 1. The predicted octanol–water partition coefficient (Wildman–Crippen LogP) is 0.280. The lowest BCUT2D eigenvalue weighted by Crippen LogP contribution is -2.49. The number of nitrogens with zero attached hydrogens (tertiary/aromatic N) is 3. The molecular weight excluding hydrogens is 195 g/mol. The molecule has 0 aliphatic carbocycles. The summed E-state index contributed by atoms with van der Waals surface area (Å²) in [5.74, 6) is 0.940. The van der Waals surface area contributed by atoms with Crippen LogP contribution in [0.4, 0.5) is 10.2 Å². The second kappa shape index (κ2) is 3.41. The van der Waals surface area contributed by atoms with Gasteiger partial charge in [-0.3, -0.25) is 0 Å². The van der Waals surface area contributed by atoms with Gasteiger partial charge in [0.25, 0.3) is 0 Å². The smallest absolute Gasteiger partial charge is 0.135 e. The summed E-state index contributed by atoms with van der Waals surface area (Å²) in [6, 6.07) is 0. The van der Waals surface area contributed by atoms with Gasteiger partial charge in [0.05, 0.1) is 18.8 Å². The summed E-state index contributed by atoms with van der Waals surface area (Å²) in [7, 11) is 0. The van der Waals surface area contributed by atoms with Gasteiger partial charge in [0.1, 0.15) is 18.3 Å². The Kier molecular flexibility index (Phi) is 2.05. The van der Waals surface area contributed by atoms with Crippen molar-refractivity contribution >= 4 is 5.82 Å². The maximum atomic E-state index is 12.8. The molecule has 3 rings (SSSR count). The first-order chi connectivity index (χ1) is 7.34. The Morgan fingerprint density at radius 1 is 1.40 bits per heavy atom. The van der Waals surface area contributed by atoms with E-state index in [1.165, 1.54) is 5.56 Å². The molecule has 4 nitrogen and oxygen atoms in total. The van der Waals surface area contributed by atoms with Crippen molar-refractivity contribution in [3.05, 3.63) is 17.6 Å². The largest absolute Gasteiger partial charge is 0.350 e. The molecule has 0 atom stereocenters. The number of alkyl halides is 1. The summed E-state index contributed by atoms with van der Waals surface area (Å²) in [5, 5.41) is 3.27. The van der Waals surface area contributed by atoms with Crippen molar-refractivity contribution in [3.63, 3.8) is 0 Å². The van der Waals surface area contributed by atoms with E-state index in [1.54, 1.807) is 6.33 Å². The maximum absolute atomic E-state index is 12.8. The Hall–Kier alpha value is -1.23. The van der Waals surface area contributed by atoms with Gasteiger partial charge in [-0.05, 0) is 13.0 Å². The van der Waals surface area contributed by atoms with E-state index in [2.05, 4.69) is 15.3 Å². The molecule has 2 aliphatic rings. The minimum Gasteiger partial charge on any atom is -0.350 e. The number of rotatable bonds is 1. The summed E-state index contributed by atoms with van der Waals surface area (Å²) in [4.78, 5) is 10.5. The van der Waals surface area contributed by atoms with Crippen LogP contribution in [0.5, 0.6) is 0 Å². The van der Waals surface area contributed by atoms with E-state index >= 15 is 0 Å². The van der Waals surface area contributed by atoms with Gasteiger partial charge in [-0.1, -0.05) is 0 Å². The molecule has 3 heterocycles. The van der Waals surface area contributed by atoms with Crippen LogP contribution < -0.4 is 10.2 Å². The highest BCUT2D eigenvalue weighted by Crippen LogP contribution is 2.26. The number of aromatic nitrogens is 2. The fourth-order valence-electron chi connectivity index (χ4n) is 2.14. The van der Waals surface area contributed by atoms with Crippen LogP contribution in [0.2, 0.25) is 0 Å². The molecule has 1 N–H and O–H groups in total. The second-order valence-electron chi connectivity index (χ2n) is 4.05. The number of hydrogen-bond donors (Lipinski definition) is 1. The minimum atomic E-state index is -0.683. The summed E-state index contributed by atoms with van der Waals surface area (Å²) in [5.41, 5.74) is 2.26. The summed E-state index contributed by atoms with van der Waals surface area (Å²) < 4.78 is 12.8. The molecule has 80 valence electrons. The Labute approximate surface area is 87.5 Å². The lowest BCUT2D eigenvalue weighted by molar-refractivity contribution is 0.273. The van der Waals surface area contributed by atoms with E-state index in [0.717, 1.165) is 31.0 Å². The second-order valence-corrected chi connectivity index (χ2v) is 4.05. The zero-order valence-corrected chi connectivity index (χ0v) is 8.41. The molecule has 1 saturated heterocycles. The predicted molar refractivity (Wildman–Crippen MR) is 54.6 cm³/mol. The molecule has 0 amide bonds. The quantitative estimate of drug-likeness (QED) is 0.719. The highest BCUT2D eigenvalue weighted by Gasteiger charge is 2.30. The van der Waals surface area contributed by atoms with Crippen molar-refractivity contribution in [2.45, 2.75) is 19.1 Å². The molecule has 0 spiro atoms. The van der Waals surface area contributed by atoms with Gasteiger partial charge >= 0.3 is 0 Å². The first kappa shape index (κ1) is 9.03. The van der Waals surface area contributed by atoms with Crippen molar-refractivity contribution < 1.29 is 4.39 Å². The SMILES string of the molecule is FC1CN(c2ncnc3c2CCNC3)C1. The van der Waals surface area contributed by atoms with Crippen LogP contribution in [0, 0.1) is 0 Å². The van der Waals surface area contributed by atoms with Gasteiger partial charge in [-0.15, -0.1) is 0 Å². The molecule has 1 aromatic rings. The van der Waals surface area contributed by atoms with Crippen LogP contribution in [0.25, 0.3) is 0 Å². The van der Waals surface area contributed by atoms with E-state index in [0.29, 0.717) is 13.1 Å². The average Bonchev–Trinajstić information content (AvgIpc) is 2.24. The van der Waals surface area contributed by atoms with Crippen LogP contribution in [-0.2, 0) is 13.0 Å². The topological polar surface area (TPSA) is 41.1 Å². The minimum absolute atomic E-state index is 0.483. The van der Waals surface area contributed by atoms with E-state index < -0.39 is 6.17 Å². The van der Waals surface area contributed by atoms with Gasteiger partial charge in [0.15, 0.2) is 0 Å². The van der Waals surface area contributed by atoms with Crippen LogP contribution in [-0.4, -0.2) is 35.8 Å². The van der Waals surface area contributed by atoms with Crippen LogP contribution in [0.3, 0.4) is 0 Å². The zero-order valence-electron chi connectivity index (χ0n) is 8.41. The highest BCUT2D eigenvalue weighted by molar-refractivity contribution is 5.51. The van der Waals surface area contributed by atoms with Gasteiger partial charge in [0.2, 0.25) is 0 Å². The lowest BCUT2D eigenvalue weighted by Gasteiger charge is -2.37. The van der Waals surface area contributed by atoms with Crippen molar-refractivity contribution in [2.24, 2.45) is 0 Å². The van der Waals surface area contributed by atoms with E-state index in [4.69, 9.17) is 0 Å².